The van der Waals surface area contributed by atoms with Crippen molar-refractivity contribution in [3.8, 4) is 5.75 Å². The van der Waals surface area contributed by atoms with Crippen LogP contribution in [0.1, 0.15) is 12.0 Å². The maximum absolute atomic E-state index is 5.96. The number of anilines is 2. The second-order valence-electron chi connectivity index (χ2n) is 4.91. The van der Waals surface area contributed by atoms with E-state index in [1.165, 1.54) is 5.56 Å². The molecule has 20 heavy (non-hydrogen) atoms. The van der Waals surface area contributed by atoms with Crippen molar-refractivity contribution in [1.82, 2.24) is 0 Å². The lowest BCUT2D eigenvalue weighted by Crippen LogP contribution is -2.23. The summed E-state index contributed by atoms with van der Waals surface area (Å²) in [5.41, 5.74) is 9.09. The monoisotopic (exact) mass is 332 g/mol. The molecule has 1 aliphatic rings. The molecule has 104 valence electrons. The summed E-state index contributed by atoms with van der Waals surface area (Å²) in [5.74, 6) is 0.963. The van der Waals surface area contributed by atoms with Crippen molar-refractivity contribution in [3.05, 3.63) is 52.5 Å². The predicted octanol–water partition coefficient (Wildman–Crippen LogP) is 3.82. The van der Waals surface area contributed by atoms with Gasteiger partial charge in [-0.05, 0) is 46.1 Å². The van der Waals surface area contributed by atoms with Crippen LogP contribution in [0.2, 0.25) is 0 Å². The van der Waals surface area contributed by atoms with Crippen LogP contribution >= 0.6 is 15.9 Å². The summed E-state index contributed by atoms with van der Waals surface area (Å²) < 4.78 is 6.78. The van der Waals surface area contributed by atoms with E-state index in [2.05, 4.69) is 39.0 Å². The summed E-state index contributed by atoms with van der Waals surface area (Å²) in [4.78, 5) is 2.35. The lowest BCUT2D eigenvalue weighted by Gasteiger charge is -2.24. The molecule has 0 aromatic heterocycles. The molecule has 0 saturated carbocycles. The molecule has 0 aliphatic carbocycles. The maximum atomic E-state index is 5.96. The number of rotatable bonds is 2. The molecule has 0 spiro atoms. The lowest BCUT2D eigenvalue weighted by molar-refractivity contribution is 0.322. The zero-order valence-corrected chi connectivity index (χ0v) is 12.8. The Morgan fingerprint density at radius 2 is 2.00 bits per heavy atom. The van der Waals surface area contributed by atoms with Gasteiger partial charge in [-0.15, -0.1) is 0 Å². The van der Waals surface area contributed by atoms with Gasteiger partial charge in [0.1, 0.15) is 5.75 Å². The molecule has 0 amide bonds. The second-order valence-corrected chi connectivity index (χ2v) is 5.70. The summed E-state index contributed by atoms with van der Waals surface area (Å²) in [6.45, 7) is 2.58. The molecular formula is C16H17BrN2O. The van der Waals surface area contributed by atoms with E-state index in [4.69, 9.17) is 10.5 Å². The van der Waals surface area contributed by atoms with Crippen molar-refractivity contribution >= 4 is 27.3 Å². The van der Waals surface area contributed by atoms with Crippen molar-refractivity contribution in [2.24, 2.45) is 0 Å². The number of para-hydroxylation sites is 2. The zero-order valence-electron chi connectivity index (χ0n) is 11.2. The average molecular weight is 333 g/mol. The van der Waals surface area contributed by atoms with Crippen LogP contribution < -0.4 is 15.4 Å². The molecule has 1 aliphatic heterocycles. The highest BCUT2D eigenvalue weighted by Gasteiger charge is 2.17. The van der Waals surface area contributed by atoms with Gasteiger partial charge in [-0.25, -0.2) is 0 Å². The Morgan fingerprint density at radius 1 is 1.15 bits per heavy atom. The molecule has 0 atom stereocenters. The van der Waals surface area contributed by atoms with E-state index in [0.29, 0.717) is 0 Å². The molecule has 3 nitrogen and oxygen atoms in total. The standard InChI is InChI=1S/C16H17BrN2O/c17-16-12(5-3-6-13(16)18)11-19-9-4-10-20-15-8-2-1-7-14(15)19/h1-3,5-8H,4,9-11,18H2. The molecule has 4 heteroatoms. The van der Waals surface area contributed by atoms with Crippen LogP contribution in [0.3, 0.4) is 0 Å². The molecule has 0 unspecified atom stereocenters. The van der Waals surface area contributed by atoms with Gasteiger partial charge in [0.2, 0.25) is 0 Å². The normalized spacial score (nSPS) is 14.3. The van der Waals surface area contributed by atoms with E-state index in [9.17, 15) is 0 Å². The predicted molar refractivity (Wildman–Crippen MR) is 86.2 cm³/mol. The number of halogens is 1. The van der Waals surface area contributed by atoms with E-state index < -0.39 is 0 Å². The summed E-state index contributed by atoms with van der Waals surface area (Å²) >= 11 is 3.58. The summed E-state index contributed by atoms with van der Waals surface area (Å²) in [7, 11) is 0. The van der Waals surface area contributed by atoms with Crippen LogP contribution in [-0.2, 0) is 6.54 Å². The molecule has 0 fully saturated rings. The Morgan fingerprint density at radius 3 is 2.90 bits per heavy atom. The molecule has 0 radical (unpaired) electrons. The fourth-order valence-corrected chi connectivity index (χ4v) is 2.88. The molecule has 1 heterocycles. The van der Waals surface area contributed by atoms with E-state index in [1.807, 2.05) is 24.3 Å². The Labute approximate surface area is 127 Å². The number of nitrogens with zero attached hydrogens (tertiary/aromatic N) is 1. The fraction of sp³-hybridized carbons (Fsp3) is 0.250. The van der Waals surface area contributed by atoms with Gasteiger partial charge in [0, 0.05) is 23.2 Å². The smallest absolute Gasteiger partial charge is 0.142 e. The molecule has 0 bridgehead atoms. The van der Waals surface area contributed by atoms with Crippen LogP contribution in [0.15, 0.2) is 46.9 Å². The average Bonchev–Trinajstić information content (AvgIpc) is 2.67. The largest absolute Gasteiger partial charge is 0.491 e. The first kappa shape index (κ1) is 13.3. The molecular weight excluding hydrogens is 316 g/mol. The molecule has 3 rings (SSSR count). The van der Waals surface area contributed by atoms with Gasteiger partial charge >= 0.3 is 0 Å². The van der Waals surface area contributed by atoms with Crippen molar-refractivity contribution in [2.45, 2.75) is 13.0 Å². The topological polar surface area (TPSA) is 38.5 Å². The highest BCUT2D eigenvalue weighted by atomic mass is 79.9. The van der Waals surface area contributed by atoms with E-state index in [0.717, 1.165) is 47.7 Å². The second kappa shape index (κ2) is 5.75. The Hall–Kier alpha value is -1.68. The number of hydrogen-bond donors (Lipinski definition) is 1. The number of fused-ring (bicyclic) bond motifs is 1. The summed E-state index contributed by atoms with van der Waals surface area (Å²) in [6, 6.07) is 14.2. The van der Waals surface area contributed by atoms with Gasteiger partial charge in [-0.1, -0.05) is 24.3 Å². The minimum Gasteiger partial charge on any atom is -0.491 e. The van der Waals surface area contributed by atoms with Crippen LogP contribution in [-0.4, -0.2) is 13.2 Å². The van der Waals surface area contributed by atoms with Crippen LogP contribution in [0.5, 0.6) is 5.75 Å². The summed E-state index contributed by atoms with van der Waals surface area (Å²) in [5, 5.41) is 0. The molecule has 2 aromatic rings. The number of hydrogen-bond acceptors (Lipinski definition) is 3. The molecule has 2 aromatic carbocycles. The highest BCUT2D eigenvalue weighted by Crippen LogP contribution is 2.33. The first-order chi connectivity index (χ1) is 9.75. The lowest BCUT2D eigenvalue weighted by atomic mass is 10.1. The van der Waals surface area contributed by atoms with Crippen LogP contribution in [0.4, 0.5) is 11.4 Å². The zero-order chi connectivity index (χ0) is 13.9. The highest BCUT2D eigenvalue weighted by molar-refractivity contribution is 9.10. The molecule has 0 saturated heterocycles. The van der Waals surface area contributed by atoms with Crippen molar-refractivity contribution < 1.29 is 4.74 Å². The van der Waals surface area contributed by atoms with Crippen LogP contribution in [0, 0.1) is 0 Å². The third-order valence-corrected chi connectivity index (χ3v) is 4.47. The van der Waals surface area contributed by atoms with Gasteiger partial charge in [-0.3, -0.25) is 0 Å². The van der Waals surface area contributed by atoms with E-state index in [-0.39, 0.29) is 0 Å². The minimum absolute atomic E-state index is 0.769. The number of benzene rings is 2. The third kappa shape index (κ3) is 2.61. The molecule has 2 N–H and O–H groups in total. The van der Waals surface area contributed by atoms with Gasteiger partial charge in [-0.2, -0.15) is 0 Å². The number of nitrogens with two attached hydrogens (primary N) is 1. The first-order valence-corrected chi connectivity index (χ1v) is 7.54. The minimum atomic E-state index is 0.769. The van der Waals surface area contributed by atoms with E-state index >= 15 is 0 Å². The Bertz CT molecular complexity index is 615. The van der Waals surface area contributed by atoms with Crippen molar-refractivity contribution in [1.29, 1.82) is 0 Å². The van der Waals surface area contributed by atoms with Gasteiger partial charge in [0.05, 0.1) is 12.3 Å². The fourth-order valence-electron chi connectivity index (χ4n) is 2.49. The van der Waals surface area contributed by atoms with Crippen LogP contribution in [0.25, 0.3) is 0 Å². The van der Waals surface area contributed by atoms with Gasteiger partial charge in [0.15, 0.2) is 0 Å². The third-order valence-electron chi connectivity index (χ3n) is 3.51. The quantitative estimate of drug-likeness (QED) is 0.849. The number of nitrogen functional groups attached to an aromatic ring is 1. The Balaban J connectivity index is 1.92. The van der Waals surface area contributed by atoms with E-state index in [1.54, 1.807) is 0 Å². The van der Waals surface area contributed by atoms with Gasteiger partial charge in [0.25, 0.3) is 0 Å². The first-order valence-electron chi connectivity index (χ1n) is 6.75. The Kier molecular flexibility index (Phi) is 3.83. The van der Waals surface area contributed by atoms with Gasteiger partial charge < -0.3 is 15.4 Å². The number of ether oxygens (including phenoxy) is 1. The van der Waals surface area contributed by atoms with Crippen molar-refractivity contribution in [3.63, 3.8) is 0 Å². The SMILES string of the molecule is Nc1cccc(CN2CCCOc3ccccc32)c1Br. The maximum Gasteiger partial charge on any atom is 0.142 e. The van der Waals surface area contributed by atoms with Crippen molar-refractivity contribution in [2.75, 3.05) is 23.8 Å². The summed E-state index contributed by atoms with van der Waals surface area (Å²) in [6.07, 6.45) is 1.02.